The van der Waals surface area contributed by atoms with Crippen molar-refractivity contribution >= 4 is 11.7 Å². The number of carbonyl (C=O) groups is 1. The van der Waals surface area contributed by atoms with Gasteiger partial charge in [-0.3, -0.25) is 0 Å². The Morgan fingerprint density at radius 2 is 2.04 bits per heavy atom. The van der Waals surface area contributed by atoms with Crippen molar-refractivity contribution in [3.8, 4) is 5.75 Å². The van der Waals surface area contributed by atoms with Gasteiger partial charge in [0, 0.05) is 18.8 Å². The molecule has 2 unspecified atom stereocenters. The van der Waals surface area contributed by atoms with E-state index >= 15 is 0 Å². The predicted octanol–water partition coefficient (Wildman–Crippen LogP) is 2.92. The van der Waals surface area contributed by atoms with E-state index in [1.165, 1.54) is 10.5 Å². The molecule has 1 heterocycles. The number of nitrogens with zero attached hydrogens (tertiary/aromatic N) is 1. The molecule has 0 spiro atoms. The summed E-state index contributed by atoms with van der Waals surface area (Å²) in [6, 6.07) is 17.0. The average Bonchev–Trinajstić information content (AvgIpc) is 3.11. The number of nitrogens with one attached hydrogen (secondary N) is 1. The van der Waals surface area contributed by atoms with Crippen LogP contribution >= 0.6 is 0 Å². The minimum Gasteiger partial charge on any atom is -0.494 e. The lowest BCUT2D eigenvalue weighted by Gasteiger charge is -2.25. The van der Waals surface area contributed by atoms with Crippen LogP contribution in [-0.2, 0) is 11.2 Å². The van der Waals surface area contributed by atoms with Crippen LogP contribution in [0.2, 0.25) is 0 Å². The number of amides is 2. The summed E-state index contributed by atoms with van der Waals surface area (Å²) < 4.78 is 11.0. The molecule has 2 aromatic rings. The topological polar surface area (TPSA) is 71.0 Å². The zero-order valence-corrected chi connectivity index (χ0v) is 15.5. The first-order valence-corrected chi connectivity index (χ1v) is 9.20. The van der Waals surface area contributed by atoms with Crippen LogP contribution in [-0.4, -0.2) is 55.1 Å². The second-order valence-corrected chi connectivity index (χ2v) is 6.68. The summed E-state index contributed by atoms with van der Waals surface area (Å²) in [5.41, 5.74) is 1.95. The molecule has 2 N–H and O–H groups in total. The molecule has 1 aliphatic rings. The molecule has 0 aliphatic carbocycles. The van der Waals surface area contributed by atoms with Gasteiger partial charge < -0.3 is 24.8 Å². The van der Waals surface area contributed by atoms with Gasteiger partial charge >= 0.3 is 6.03 Å². The molecular weight excluding hydrogens is 344 g/mol. The quantitative estimate of drug-likeness (QED) is 0.735. The fourth-order valence-electron chi connectivity index (χ4n) is 3.04. The van der Waals surface area contributed by atoms with Crippen LogP contribution in [0.3, 0.4) is 0 Å². The summed E-state index contributed by atoms with van der Waals surface area (Å²) in [5.74, 6) is 0.716. The summed E-state index contributed by atoms with van der Waals surface area (Å²) in [5, 5.41) is 12.7. The summed E-state index contributed by atoms with van der Waals surface area (Å²) >= 11 is 0. The Kier molecular flexibility index (Phi) is 6.68. The van der Waals surface area contributed by atoms with Crippen LogP contribution in [0.4, 0.5) is 10.5 Å². The van der Waals surface area contributed by atoms with E-state index in [1.807, 2.05) is 36.4 Å². The highest BCUT2D eigenvalue weighted by atomic mass is 16.5. The van der Waals surface area contributed by atoms with Gasteiger partial charge in [-0.15, -0.1) is 0 Å². The zero-order chi connectivity index (χ0) is 19.1. The first kappa shape index (κ1) is 19.2. The zero-order valence-electron chi connectivity index (χ0n) is 15.5. The molecule has 2 aromatic carbocycles. The maximum absolute atomic E-state index is 12.4. The Balaban J connectivity index is 1.47. The fraction of sp³-hybridized carbons (Fsp3) is 0.381. The highest BCUT2D eigenvalue weighted by molar-refractivity contribution is 5.89. The van der Waals surface area contributed by atoms with Gasteiger partial charge in [-0.05, 0) is 30.5 Å². The standard InChI is InChI=1S/C21H26N2O4/c1-23(19-14-26-15-20(19)24)21(25)22-17-10-5-11-18(13-17)27-12-6-9-16-7-3-2-4-8-16/h2-5,7-8,10-11,13,19-20,24H,6,9,12,14-15H2,1H3,(H,22,25). The van der Waals surface area contributed by atoms with E-state index in [4.69, 9.17) is 9.47 Å². The molecular formula is C21H26N2O4. The molecule has 0 bridgehead atoms. The van der Waals surface area contributed by atoms with Gasteiger partial charge in [0.05, 0.1) is 32.0 Å². The minimum atomic E-state index is -0.653. The summed E-state index contributed by atoms with van der Waals surface area (Å²) in [6.07, 6.45) is 1.23. The number of aliphatic hydroxyl groups excluding tert-OH is 1. The smallest absolute Gasteiger partial charge is 0.322 e. The number of ether oxygens (including phenoxy) is 2. The highest BCUT2D eigenvalue weighted by Gasteiger charge is 2.32. The highest BCUT2D eigenvalue weighted by Crippen LogP contribution is 2.19. The largest absolute Gasteiger partial charge is 0.494 e. The maximum Gasteiger partial charge on any atom is 0.322 e. The molecule has 0 radical (unpaired) electrons. The fourth-order valence-corrected chi connectivity index (χ4v) is 3.04. The molecule has 0 saturated carbocycles. The van der Waals surface area contributed by atoms with E-state index in [0.717, 1.165) is 12.8 Å². The van der Waals surface area contributed by atoms with Crippen molar-refractivity contribution in [1.29, 1.82) is 0 Å². The van der Waals surface area contributed by atoms with Gasteiger partial charge in [0.2, 0.25) is 0 Å². The van der Waals surface area contributed by atoms with Gasteiger partial charge in [-0.1, -0.05) is 36.4 Å². The number of hydrogen-bond acceptors (Lipinski definition) is 4. The van der Waals surface area contributed by atoms with Gasteiger partial charge in [-0.25, -0.2) is 4.79 Å². The lowest BCUT2D eigenvalue weighted by Crippen LogP contribution is -2.45. The molecule has 2 atom stereocenters. The van der Waals surface area contributed by atoms with Crippen molar-refractivity contribution in [2.75, 3.05) is 32.2 Å². The van der Waals surface area contributed by atoms with Gasteiger partial charge in [0.1, 0.15) is 5.75 Å². The first-order valence-electron chi connectivity index (χ1n) is 9.20. The molecule has 144 valence electrons. The van der Waals surface area contributed by atoms with Crippen LogP contribution < -0.4 is 10.1 Å². The molecule has 27 heavy (non-hydrogen) atoms. The van der Waals surface area contributed by atoms with Gasteiger partial charge in [0.15, 0.2) is 0 Å². The third kappa shape index (κ3) is 5.45. The molecule has 6 heteroatoms. The van der Waals surface area contributed by atoms with Crippen LogP contribution in [0.5, 0.6) is 5.75 Å². The SMILES string of the molecule is CN(C(=O)Nc1cccc(OCCCc2ccccc2)c1)C1COCC1O. The van der Waals surface area contributed by atoms with Crippen molar-refractivity contribution in [2.45, 2.75) is 25.0 Å². The van der Waals surface area contributed by atoms with Crippen LogP contribution in [0.15, 0.2) is 54.6 Å². The molecule has 1 fully saturated rings. The first-order chi connectivity index (χ1) is 13.1. The second-order valence-electron chi connectivity index (χ2n) is 6.68. The van der Waals surface area contributed by atoms with E-state index < -0.39 is 6.10 Å². The average molecular weight is 370 g/mol. The Bertz CT molecular complexity index is 738. The number of hydrogen-bond donors (Lipinski definition) is 2. The van der Waals surface area contributed by atoms with Crippen LogP contribution in [0.25, 0.3) is 0 Å². The van der Waals surface area contributed by atoms with Crippen LogP contribution in [0.1, 0.15) is 12.0 Å². The van der Waals surface area contributed by atoms with Gasteiger partial charge in [-0.2, -0.15) is 0 Å². The lowest BCUT2D eigenvalue weighted by atomic mass is 10.1. The normalized spacial score (nSPS) is 18.9. The second kappa shape index (κ2) is 9.39. The van der Waals surface area contributed by atoms with Crippen LogP contribution in [0, 0.1) is 0 Å². The van der Waals surface area contributed by atoms with Crippen molar-refractivity contribution in [1.82, 2.24) is 4.90 Å². The van der Waals surface area contributed by atoms with E-state index in [1.54, 1.807) is 13.1 Å². The Morgan fingerprint density at radius 1 is 1.22 bits per heavy atom. The monoisotopic (exact) mass is 370 g/mol. The maximum atomic E-state index is 12.4. The van der Waals surface area contributed by atoms with E-state index in [2.05, 4.69) is 17.4 Å². The van der Waals surface area contributed by atoms with Gasteiger partial charge in [0.25, 0.3) is 0 Å². The molecule has 2 amide bonds. The van der Waals surface area contributed by atoms with Crippen molar-refractivity contribution in [2.24, 2.45) is 0 Å². The number of carbonyl (C=O) groups excluding carboxylic acids is 1. The van der Waals surface area contributed by atoms with Crippen molar-refractivity contribution in [3.63, 3.8) is 0 Å². The molecule has 6 nitrogen and oxygen atoms in total. The number of anilines is 1. The summed E-state index contributed by atoms with van der Waals surface area (Å²) in [7, 11) is 1.65. The molecule has 0 aromatic heterocycles. The van der Waals surface area contributed by atoms with Crippen molar-refractivity contribution < 1.29 is 19.4 Å². The lowest BCUT2D eigenvalue weighted by molar-refractivity contribution is 0.106. The Hall–Kier alpha value is -2.57. The summed E-state index contributed by atoms with van der Waals surface area (Å²) in [4.78, 5) is 13.9. The predicted molar refractivity (Wildman–Crippen MR) is 104 cm³/mol. The van der Waals surface area contributed by atoms with Crippen molar-refractivity contribution in [3.05, 3.63) is 60.2 Å². The minimum absolute atomic E-state index is 0.259. The molecule has 1 saturated heterocycles. The van der Waals surface area contributed by atoms with E-state index in [9.17, 15) is 9.90 Å². The number of urea groups is 1. The number of aryl methyl sites for hydroxylation is 1. The molecule has 1 aliphatic heterocycles. The number of likely N-dealkylation sites (N-methyl/N-ethyl adjacent to an activating group) is 1. The number of benzene rings is 2. The number of rotatable bonds is 7. The Labute approximate surface area is 159 Å². The molecule has 3 rings (SSSR count). The third-order valence-electron chi connectivity index (χ3n) is 4.65. The van der Waals surface area contributed by atoms with E-state index in [0.29, 0.717) is 24.7 Å². The van der Waals surface area contributed by atoms with E-state index in [-0.39, 0.29) is 18.7 Å². The Morgan fingerprint density at radius 3 is 2.78 bits per heavy atom. The number of aliphatic hydroxyl groups is 1. The summed E-state index contributed by atoms with van der Waals surface area (Å²) in [6.45, 7) is 1.21. The third-order valence-corrected chi connectivity index (χ3v) is 4.65.